The molecule has 0 saturated heterocycles. The van der Waals surface area contributed by atoms with Gasteiger partial charge in [0.15, 0.2) is 5.96 Å². The highest BCUT2D eigenvalue weighted by Crippen LogP contribution is 2.13. The van der Waals surface area contributed by atoms with Crippen molar-refractivity contribution in [1.82, 2.24) is 15.6 Å². The molecule has 0 fully saturated rings. The molecule has 0 saturated carbocycles. The Morgan fingerprint density at radius 3 is 2.60 bits per heavy atom. The zero-order valence-corrected chi connectivity index (χ0v) is 16.2. The molecule has 2 rings (SSSR count). The predicted octanol–water partition coefficient (Wildman–Crippen LogP) is 3.05. The molecular formula is C19H28N4OS. The number of aromatic nitrogens is 1. The van der Waals surface area contributed by atoms with Crippen molar-refractivity contribution in [2.75, 3.05) is 26.7 Å². The molecule has 1 aromatic heterocycles. The van der Waals surface area contributed by atoms with Crippen molar-refractivity contribution in [3.05, 3.63) is 45.9 Å². The summed E-state index contributed by atoms with van der Waals surface area (Å²) < 4.78 is 5.18. The van der Waals surface area contributed by atoms with Crippen LogP contribution in [-0.2, 0) is 19.3 Å². The summed E-state index contributed by atoms with van der Waals surface area (Å²) in [5.74, 6) is 1.75. The summed E-state index contributed by atoms with van der Waals surface area (Å²) in [6.45, 7) is 6.68. The number of hydrogen-bond donors (Lipinski definition) is 2. The van der Waals surface area contributed by atoms with Crippen LogP contribution in [0.2, 0.25) is 0 Å². The summed E-state index contributed by atoms with van der Waals surface area (Å²) in [4.78, 5) is 10.4. The molecule has 0 aliphatic carbocycles. The third-order valence-electron chi connectivity index (χ3n) is 3.75. The van der Waals surface area contributed by atoms with Crippen molar-refractivity contribution >= 4 is 17.3 Å². The van der Waals surface area contributed by atoms with Gasteiger partial charge < -0.3 is 15.4 Å². The minimum atomic E-state index is 0.745. The third kappa shape index (κ3) is 6.74. The first kappa shape index (κ1) is 19.2. The predicted molar refractivity (Wildman–Crippen MR) is 106 cm³/mol. The zero-order chi connectivity index (χ0) is 17.9. The fraction of sp³-hybridized carbons (Fsp3) is 0.474. The second kappa shape index (κ2) is 10.7. The van der Waals surface area contributed by atoms with Crippen molar-refractivity contribution in [1.29, 1.82) is 0 Å². The highest BCUT2D eigenvalue weighted by Gasteiger charge is 2.02. The van der Waals surface area contributed by atoms with E-state index in [2.05, 4.69) is 46.6 Å². The molecule has 5 nitrogen and oxygen atoms in total. The first-order valence-electron chi connectivity index (χ1n) is 8.83. The highest BCUT2D eigenvalue weighted by molar-refractivity contribution is 7.11. The molecule has 0 aliphatic rings. The maximum Gasteiger partial charge on any atom is 0.191 e. The van der Waals surface area contributed by atoms with Gasteiger partial charge in [0.25, 0.3) is 0 Å². The molecule has 0 amide bonds. The van der Waals surface area contributed by atoms with Crippen LogP contribution < -0.4 is 15.4 Å². The Hall–Kier alpha value is -2.08. The normalized spacial score (nSPS) is 11.4. The minimum Gasteiger partial charge on any atom is -0.497 e. The van der Waals surface area contributed by atoms with Crippen LogP contribution in [-0.4, -0.2) is 37.7 Å². The molecule has 0 bridgehead atoms. The summed E-state index contributed by atoms with van der Waals surface area (Å²) in [6.07, 6.45) is 4.86. The van der Waals surface area contributed by atoms with Crippen molar-refractivity contribution in [3.8, 4) is 5.75 Å². The third-order valence-corrected chi connectivity index (χ3v) is 4.96. The second-order valence-corrected chi connectivity index (χ2v) is 6.81. The van der Waals surface area contributed by atoms with Gasteiger partial charge in [-0.25, -0.2) is 4.98 Å². The van der Waals surface area contributed by atoms with Gasteiger partial charge in [-0.15, -0.1) is 11.3 Å². The topological polar surface area (TPSA) is 58.5 Å². The Bertz CT molecular complexity index is 652. The summed E-state index contributed by atoms with van der Waals surface area (Å²) in [6, 6.07) is 8.18. The number of thiazole rings is 1. The van der Waals surface area contributed by atoms with Crippen molar-refractivity contribution in [2.45, 2.75) is 33.1 Å². The van der Waals surface area contributed by atoms with Crippen LogP contribution in [0, 0.1) is 0 Å². The van der Waals surface area contributed by atoms with Gasteiger partial charge in [-0.2, -0.15) is 0 Å². The molecule has 2 N–H and O–H groups in total. The van der Waals surface area contributed by atoms with E-state index in [0.29, 0.717) is 0 Å². The Morgan fingerprint density at radius 1 is 1.16 bits per heavy atom. The van der Waals surface area contributed by atoms with Gasteiger partial charge >= 0.3 is 0 Å². The maximum atomic E-state index is 5.18. The van der Waals surface area contributed by atoms with Crippen LogP contribution in [0.3, 0.4) is 0 Å². The number of ether oxygens (including phenoxy) is 1. The summed E-state index contributed by atoms with van der Waals surface area (Å²) in [7, 11) is 1.69. The van der Waals surface area contributed by atoms with E-state index in [0.717, 1.165) is 55.6 Å². The molecule has 0 spiro atoms. The average molecular weight is 361 g/mol. The van der Waals surface area contributed by atoms with Crippen LogP contribution in [0.25, 0.3) is 0 Å². The smallest absolute Gasteiger partial charge is 0.191 e. The number of hydrogen-bond acceptors (Lipinski definition) is 4. The first-order valence-corrected chi connectivity index (χ1v) is 9.65. The van der Waals surface area contributed by atoms with E-state index in [1.165, 1.54) is 10.4 Å². The molecule has 0 aliphatic heterocycles. The highest BCUT2D eigenvalue weighted by atomic mass is 32.1. The standard InChI is InChI=1S/C19H28N4OS/c1-4-17-14-23-18(25-17)11-13-22-19(20-5-2)21-12-10-15-6-8-16(24-3)9-7-15/h6-9,14H,4-5,10-13H2,1-3H3,(H2,20,21,22). The lowest BCUT2D eigenvalue weighted by molar-refractivity contribution is 0.414. The first-order chi connectivity index (χ1) is 12.2. The summed E-state index contributed by atoms with van der Waals surface area (Å²) in [5, 5.41) is 7.84. The lowest BCUT2D eigenvalue weighted by Gasteiger charge is -2.11. The van der Waals surface area contributed by atoms with Gasteiger partial charge in [-0.05, 0) is 37.5 Å². The number of rotatable bonds is 9. The molecule has 0 atom stereocenters. The van der Waals surface area contributed by atoms with Gasteiger partial charge in [-0.1, -0.05) is 19.1 Å². The molecule has 2 aromatic rings. The van der Waals surface area contributed by atoms with E-state index >= 15 is 0 Å². The van der Waals surface area contributed by atoms with E-state index in [1.807, 2.05) is 18.3 Å². The number of nitrogens with one attached hydrogen (secondary N) is 2. The quantitative estimate of drug-likeness (QED) is 0.533. The van der Waals surface area contributed by atoms with Crippen LogP contribution in [0.5, 0.6) is 5.75 Å². The van der Waals surface area contributed by atoms with E-state index in [4.69, 9.17) is 4.74 Å². The largest absolute Gasteiger partial charge is 0.497 e. The van der Waals surface area contributed by atoms with Crippen LogP contribution >= 0.6 is 11.3 Å². The van der Waals surface area contributed by atoms with Gasteiger partial charge in [0.05, 0.1) is 12.1 Å². The Balaban J connectivity index is 1.78. The summed E-state index contributed by atoms with van der Waals surface area (Å²) >= 11 is 1.78. The molecule has 25 heavy (non-hydrogen) atoms. The lowest BCUT2D eigenvalue weighted by Crippen LogP contribution is -2.38. The Labute approximate surface area is 154 Å². The molecule has 0 unspecified atom stereocenters. The van der Waals surface area contributed by atoms with Gasteiger partial charge in [0.1, 0.15) is 5.75 Å². The number of guanidine groups is 1. The number of nitrogens with zero attached hydrogens (tertiary/aromatic N) is 2. The van der Waals surface area contributed by atoms with Crippen LogP contribution in [0.15, 0.2) is 35.5 Å². The van der Waals surface area contributed by atoms with Gasteiger partial charge in [0.2, 0.25) is 0 Å². The molecule has 1 heterocycles. The minimum absolute atomic E-state index is 0.745. The Kier molecular flexibility index (Phi) is 8.25. The van der Waals surface area contributed by atoms with E-state index < -0.39 is 0 Å². The SMILES string of the molecule is CCNC(=NCCc1ncc(CC)s1)NCCc1ccc(OC)cc1. The van der Waals surface area contributed by atoms with Crippen molar-refractivity contribution in [2.24, 2.45) is 4.99 Å². The van der Waals surface area contributed by atoms with E-state index in [1.54, 1.807) is 18.4 Å². The molecular weight excluding hydrogens is 332 g/mol. The number of benzene rings is 1. The average Bonchev–Trinajstić information content (AvgIpc) is 3.10. The number of aryl methyl sites for hydroxylation is 1. The van der Waals surface area contributed by atoms with Crippen LogP contribution in [0.4, 0.5) is 0 Å². The Morgan fingerprint density at radius 2 is 1.96 bits per heavy atom. The molecule has 1 aromatic carbocycles. The number of aliphatic imine (C=N–C) groups is 1. The molecule has 0 radical (unpaired) electrons. The second-order valence-electron chi connectivity index (χ2n) is 5.61. The lowest BCUT2D eigenvalue weighted by atomic mass is 10.1. The van der Waals surface area contributed by atoms with E-state index in [-0.39, 0.29) is 0 Å². The van der Waals surface area contributed by atoms with Crippen molar-refractivity contribution < 1.29 is 4.74 Å². The fourth-order valence-electron chi connectivity index (χ4n) is 2.35. The molecule has 136 valence electrons. The summed E-state index contributed by atoms with van der Waals surface area (Å²) in [5.41, 5.74) is 1.28. The van der Waals surface area contributed by atoms with E-state index in [9.17, 15) is 0 Å². The fourth-order valence-corrected chi connectivity index (χ4v) is 3.20. The number of methoxy groups -OCH3 is 1. The monoisotopic (exact) mass is 360 g/mol. The zero-order valence-electron chi connectivity index (χ0n) is 15.3. The molecule has 6 heteroatoms. The van der Waals surface area contributed by atoms with Crippen molar-refractivity contribution in [3.63, 3.8) is 0 Å². The van der Waals surface area contributed by atoms with Crippen LogP contribution in [0.1, 0.15) is 29.3 Å². The maximum absolute atomic E-state index is 5.18. The van der Waals surface area contributed by atoms with Gasteiger partial charge in [0, 0.05) is 37.1 Å². The van der Waals surface area contributed by atoms with Gasteiger partial charge in [-0.3, -0.25) is 4.99 Å².